The summed E-state index contributed by atoms with van der Waals surface area (Å²) < 4.78 is 10.8. The van der Waals surface area contributed by atoms with Crippen molar-refractivity contribution in [2.24, 2.45) is 0 Å². The zero-order chi connectivity index (χ0) is 16.9. The second kappa shape index (κ2) is 7.27. The van der Waals surface area contributed by atoms with Crippen LogP contribution in [0.2, 0.25) is 0 Å². The minimum absolute atomic E-state index is 0.0937. The van der Waals surface area contributed by atoms with Gasteiger partial charge in [-0.15, -0.1) is 10.2 Å². The van der Waals surface area contributed by atoms with E-state index in [0.29, 0.717) is 21.0 Å². The first kappa shape index (κ1) is 16.2. The molecule has 0 saturated heterocycles. The molecular weight excluding hydrogens is 354 g/mol. The van der Waals surface area contributed by atoms with Crippen LogP contribution in [0.15, 0.2) is 37.7 Å². The molecule has 0 aliphatic carbocycles. The fraction of sp³-hybridized carbons (Fsp3) is 0.154. The lowest BCUT2D eigenvalue weighted by atomic mass is 10.3. The summed E-state index contributed by atoms with van der Waals surface area (Å²) in [5, 5.41) is 16.8. The topological polar surface area (TPSA) is 123 Å². The molecule has 2 N–H and O–H groups in total. The molecule has 9 nitrogen and oxygen atoms in total. The van der Waals surface area contributed by atoms with Gasteiger partial charge in [-0.25, -0.2) is 0 Å². The van der Waals surface area contributed by atoms with E-state index in [1.165, 1.54) is 24.1 Å². The van der Waals surface area contributed by atoms with Crippen LogP contribution in [0.1, 0.15) is 10.5 Å². The Hall–Kier alpha value is -2.66. The van der Waals surface area contributed by atoms with E-state index >= 15 is 0 Å². The fourth-order valence-electron chi connectivity index (χ4n) is 1.60. The van der Waals surface area contributed by atoms with Gasteiger partial charge in [0.25, 0.3) is 5.91 Å². The van der Waals surface area contributed by atoms with Gasteiger partial charge in [-0.1, -0.05) is 28.3 Å². The first-order chi connectivity index (χ1) is 11.7. The maximum atomic E-state index is 12.1. The standard InChI is InChI=1S/C13H11N5O4S2/c1-14-10(19)6-23-13-17-16-12(24-13)15-11(20)7-5-9(22-18-7)8-3-2-4-21-8/h2-5H,6H2,1H3,(H,14,19)(H,15,16,20). The summed E-state index contributed by atoms with van der Waals surface area (Å²) in [7, 11) is 1.56. The monoisotopic (exact) mass is 365 g/mol. The molecule has 0 unspecified atom stereocenters. The number of nitrogens with zero attached hydrogens (tertiary/aromatic N) is 3. The van der Waals surface area contributed by atoms with Crippen molar-refractivity contribution < 1.29 is 18.5 Å². The van der Waals surface area contributed by atoms with E-state index in [4.69, 9.17) is 8.94 Å². The van der Waals surface area contributed by atoms with E-state index in [2.05, 4.69) is 26.0 Å². The number of hydrogen-bond acceptors (Lipinski definition) is 9. The van der Waals surface area contributed by atoms with Crippen molar-refractivity contribution in [1.82, 2.24) is 20.7 Å². The van der Waals surface area contributed by atoms with E-state index < -0.39 is 5.91 Å². The van der Waals surface area contributed by atoms with Crippen LogP contribution < -0.4 is 10.6 Å². The summed E-state index contributed by atoms with van der Waals surface area (Å²) in [6.07, 6.45) is 1.50. The first-order valence-corrected chi connectivity index (χ1v) is 8.44. The number of carbonyl (C=O) groups excluding carboxylic acids is 2. The molecule has 0 saturated carbocycles. The van der Waals surface area contributed by atoms with Crippen LogP contribution in [0, 0.1) is 0 Å². The molecule has 0 fully saturated rings. The number of carbonyl (C=O) groups is 2. The molecule has 3 aromatic rings. The lowest BCUT2D eigenvalue weighted by Gasteiger charge is -1.95. The highest BCUT2D eigenvalue weighted by Gasteiger charge is 2.17. The predicted molar refractivity (Wildman–Crippen MR) is 86.9 cm³/mol. The number of hydrogen-bond donors (Lipinski definition) is 2. The van der Waals surface area contributed by atoms with Gasteiger partial charge in [-0.3, -0.25) is 14.9 Å². The van der Waals surface area contributed by atoms with Gasteiger partial charge in [0.05, 0.1) is 12.0 Å². The number of thioether (sulfide) groups is 1. The smallest absolute Gasteiger partial charge is 0.279 e. The first-order valence-electron chi connectivity index (χ1n) is 6.64. The maximum Gasteiger partial charge on any atom is 0.279 e. The van der Waals surface area contributed by atoms with Crippen LogP contribution in [0.4, 0.5) is 5.13 Å². The number of nitrogens with one attached hydrogen (secondary N) is 2. The Morgan fingerprint density at radius 2 is 2.21 bits per heavy atom. The highest BCUT2D eigenvalue weighted by atomic mass is 32.2. The van der Waals surface area contributed by atoms with Crippen molar-refractivity contribution in [2.45, 2.75) is 4.34 Å². The third-order valence-corrected chi connectivity index (χ3v) is 4.71. The van der Waals surface area contributed by atoms with Gasteiger partial charge in [-0.2, -0.15) is 0 Å². The lowest BCUT2D eigenvalue weighted by molar-refractivity contribution is -0.118. The van der Waals surface area contributed by atoms with E-state index in [-0.39, 0.29) is 17.4 Å². The molecule has 3 rings (SSSR count). The molecule has 3 aromatic heterocycles. The second-order valence-electron chi connectivity index (χ2n) is 4.34. The second-order valence-corrected chi connectivity index (χ2v) is 6.54. The van der Waals surface area contributed by atoms with Crippen molar-refractivity contribution in [3.63, 3.8) is 0 Å². The van der Waals surface area contributed by atoms with Crippen LogP contribution >= 0.6 is 23.1 Å². The Labute approximate surface area is 143 Å². The SMILES string of the molecule is CNC(=O)CSc1nnc(NC(=O)c2cc(-c3ccco3)on2)s1. The zero-order valence-electron chi connectivity index (χ0n) is 12.3. The Bertz CT molecular complexity index is 842. The summed E-state index contributed by atoms with van der Waals surface area (Å²) in [5.41, 5.74) is 0.0937. The average Bonchev–Trinajstić information content (AvgIpc) is 3.31. The van der Waals surface area contributed by atoms with Crippen molar-refractivity contribution in [1.29, 1.82) is 0 Å². The maximum absolute atomic E-state index is 12.1. The molecule has 0 atom stereocenters. The number of anilines is 1. The van der Waals surface area contributed by atoms with Crippen LogP contribution in [-0.2, 0) is 4.79 Å². The van der Waals surface area contributed by atoms with E-state index in [9.17, 15) is 9.59 Å². The summed E-state index contributed by atoms with van der Waals surface area (Å²) in [6, 6.07) is 4.87. The third kappa shape index (κ3) is 3.81. The van der Waals surface area contributed by atoms with Crippen LogP contribution in [-0.4, -0.2) is 40.0 Å². The van der Waals surface area contributed by atoms with Crippen molar-refractivity contribution >= 4 is 40.0 Å². The lowest BCUT2D eigenvalue weighted by Crippen LogP contribution is -2.19. The summed E-state index contributed by atoms with van der Waals surface area (Å²) in [5.74, 6) is 0.466. The van der Waals surface area contributed by atoms with Gasteiger partial charge in [0.2, 0.25) is 16.8 Å². The molecule has 0 bridgehead atoms. The van der Waals surface area contributed by atoms with Crippen molar-refractivity contribution in [3.05, 3.63) is 30.2 Å². The Kier molecular flexibility index (Phi) is 4.91. The number of amides is 2. The quantitative estimate of drug-likeness (QED) is 0.501. The number of rotatable bonds is 6. The molecule has 0 spiro atoms. The van der Waals surface area contributed by atoms with Crippen LogP contribution in [0.5, 0.6) is 0 Å². The predicted octanol–water partition coefficient (Wildman–Crippen LogP) is 1.88. The molecule has 124 valence electrons. The molecule has 0 aliphatic heterocycles. The van der Waals surface area contributed by atoms with Crippen LogP contribution in [0.3, 0.4) is 0 Å². The number of aromatic nitrogens is 3. The fourth-order valence-corrected chi connectivity index (χ4v) is 3.22. The Morgan fingerprint density at radius 3 is 2.96 bits per heavy atom. The minimum atomic E-state index is -0.476. The molecule has 3 heterocycles. The number of furan rings is 1. The van der Waals surface area contributed by atoms with Gasteiger partial charge >= 0.3 is 0 Å². The van der Waals surface area contributed by atoms with E-state index in [1.54, 1.807) is 19.2 Å². The van der Waals surface area contributed by atoms with Gasteiger partial charge < -0.3 is 14.3 Å². The third-order valence-electron chi connectivity index (χ3n) is 2.74. The zero-order valence-corrected chi connectivity index (χ0v) is 13.9. The Morgan fingerprint density at radius 1 is 1.33 bits per heavy atom. The van der Waals surface area contributed by atoms with Gasteiger partial charge in [-0.05, 0) is 12.1 Å². The van der Waals surface area contributed by atoms with E-state index in [1.807, 2.05) is 0 Å². The summed E-state index contributed by atoms with van der Waals surface area (Å²) in [6.45, 7) is 0. The Balaban J connectivity index is 1.61. The molecule has 24 heavy (non-hydrogen) atoms. The minimum Gasteiger partial charge on any atom is -0.461 e. The molecule has 0 aromatic carbocycles. The van der Waals surface area contributed by atoms with Crippen LogP contribution in [0.25, 0.3) is 11.5 Å². The normalized spacial score (nSPS) is 10.5. The van der Waals surface area contributed by atoms with E-state index in [0.717, 1.165) is 11.3 Å². The summed E-state index contributed by atoms with van der Waals surface area (Å²) in [4.78, 5) is 23.3. The molecule has 2 amide bonds. The molecular formula is C13H11N5O4S2. The summed E-state index contributed by atoms with van der Waals surface area (Å²) >= 11 is 2.40. The molecule has 0 radical (unpaired) electrons. The highest BCUT2D eigenvalue weighted by molar-refractivity contribution is 8.01. The highest BCUT2D eigenvalue weighted by Crippen LogP contribution is 2.26. The molecule has 11 heteroatoms. The molecule has 0 aliphatic rings. The average molecular weight is 365 g/mol. The van der Waals surface area contributed by atoms with Gasteiger partial charge in [0, 0.05) is 13.1 Å². The van der Waals surface area contributed by atoms with Gasteiger partial charge in [0.1, 0.15) is 0 Å². The largest absolute Gasteiger partial charge is 0.461 e. The van der Waals surface area contributed by atoms with Crippen molar-refractivity contribution in [2.75, 3.05) is 18.1 Å². The van der Waals surface area contributed by atoms with Gasteiger partial charge in [0.15, 0.2) is 15.8 Å². The van der Waals surface area contributed by atoms with Crippen molar-refractivity contribution in [3.8, 4) is 11.5 Å².